The molecule has 1 aliphatic carbocycles. The van der Waals surface area contributed by atoms with Crippen molar-refractivity contribution in [2.75, 3.05) is 23.3 Å². The smallest absolute Gasteiger partial charge is 0.414 e. The number of hydrogen-bond donors (Lipinski definition) is 1. The fraction of sp³-hybridized carbons (Fsp3) is 0.353. The lowest BCUT2D eigenvalue weighted by Crippen LogP contribution is -2.27. The molecule has 4 rings (SSSR count). The molecular weight excluding hydrogens is 308 g/mol. The quantitative estimate of drug-likeness (QED) is 0.856. The van der Waals surface area contributed by atoms with E-state index in [4.69, 9.17) is 15.8 Å². The highest BCUT2D eigenvalue weighted by atomic mass is 16.6. The van der Waals surface area contributed by atoms with Gasteiger partial charge in [0.1, 0.15) is 12.4 Å². The van der Waals surface area contributed by atoms with Gasteiger partial charge in [0.25, 0.3) is 5.54 Å². The Hall–Kier alpha value is -3.01. The van der Waals surface area contributed by atoms with E-state index in [-0.39, 0.29) is 17.7 Å². The van der Waals surface area contributed by atoms with Crippen LogP contribution in [0, 0.1) is 6.57 Å². The van der Waals surface area contributed by atoms with Crippen molar-refractivity contribution < 1.29 is 14.1 Å². The average molecular weight is 324 g/mol. The molecule has 0 spiro atoms. The number of nitrogens with zero attached hydrogens (tertiary/aromatic N) is 3. The number of ether oxygens (including phenoxy) is 1. The maximum absolute atomic E-state index is 12.1. The maximum atomic E-state index is 12.1. The van der Waals surface area contributed by atoms with E-state index >= 15 is 0 Å². The Labute approximate surface area is 139 Å². The SMILES string of the molecule is [C-]#[N+]C1(c2ccc(N3CC(CNc4ccon4)OC3=O)cc2)CC1. The molecule has 1 unspecified atom stereocenters. The largest absolute Gasteiger partial charge is 0.442 e. The Morgan fingerprint density at radius 3 is 2.75 bits per heavy atom. The zero-order valence-electron chi connectivity index (χ0n) is 12.9. The van der Waals surface area contributed by atoms with Crippen molar-refractivity contribution in [1.82, 2.24) is 5.16 Å². The highest BCUT2D eigenvalue weighted by molar-refractivity contribution is 5.89. The molecule has 2 heterocycles. The second-order valence-electron chi connectivity index (χ2n) is 6.07. The molecule has 1 saturated heterocycles. The van der Waals surface area contributed by atoms with E-state index in [2.05, 4.69) is 15.3 Å². The van der Waals surface area contributed by atoms with Crippen LogP contribution in [-0.2, 0) is 10.3 Å². The van der Waals surface area contributed by atoms with Crippen molar-refractivity contribution in [2.24, 2.45) is 0 Å². The van der Waals surface area contributed by atoms with Gasteiger partial charge in [-0.15, -0.1) is 0 Å². The molecule has 1 amide bonds. The molecular formula is C17H16N4O3. The molecule has 1 aliphatic heterocycles. The van der Waals surface area contributed by atoms with E-state index in [1.165, 1.54) is 6.26 Å². The van der Waals surface area contributed by atoms with Crippen molar-refractivity contribution >= 4 is 17.6 Å². The maximum Gasteiger partial charge on any atom is 0.414 e. The van der Waals surface area contributed by atoms with Crippen LogP contribution in [0.3, 0.4) is 0 Å². The Kier molecular flexibility index (Phi) is 3.38. The van der Waals surface area contributed by atoms with Gasteiger partial charge in [-0.05, 0) is 24.3 Å². The van der Waals surface area contributed by atoms with Crippen LogP contribution in [0.4, 0.5) is 16.3 Å². The van der Waals surface area contributed by atoms with Crippen molar-refractivity contribution in [1.29, 1.82) is 0 Å². The summed E-state index contributed by atoms with van der Waals surface area (Å²) in [6.07, 6.45) is 2.69. The van der Waals surface area contributed by atoms with Crippen molar-refractivity contribution in [3.8, 4) is 0 Å². The number of hydrogen-bond acceptors (Lipinski definition) is 5. The number of cyclic esters (lactones) is 1. The summed E-state index contributed by atoms with van der Waals surface area (Å²) in [4.78, 5) is 17.4. The zero-order valence-corrected chi connectivity index (χ0v) is 12.9. The molecule has 1 atom stereocenters. The minimum absolute atomic E-state index is 0.258. The third-order valence-corrected chi connectivity index (χ3v) is 4.48. The van der Waals surface area contributed by atoms with Crippen molar-refractivity contribution in [3.05, 3.63) is 53.6 Å². The molecule has 1 aromatic heterocycles. The molecule has 7 nitrogen and oxygen atoms in total. The highest BCUT2D eigenvalue weighted by Gasteiger charge is 2.52. The molecule has 2 fully saturated rings. The van der Waals surface area contributed by atoms with Crippen LogP contribution >= 0.6 is 0 Å². The van der Waals surface area contributed by atoms with E-state index in [9.17, 15) is 4.79 Å². The van der Waals surface area contributed by atoms with Crippen LogP contribution in [0.2, 0.25) is 0 Å². The minimum Gasteiger partial charge on any atom is -0.442 e. The number of amides is 1. The third-order valence-electron chi connectivity index (χ3n) is 4.48. The predicted molar refractivity (Wildman–Crippen MR) is 86.6 cm³/mol. The van der Waals surface area contributed by atoms with Crippen LogP contribution in [-0.4, -0.2) is 30.4 Å². The third kappa shape index (κ3) is 2.56. The molecule has 1 aromatic carbocycles. The molecule has 2 aliphatic rings. The van der Waals surface area contributed by atoms with Gasteiger partial charge >= 0.3 is 6.09 Å². The number of nitrogens with one attached hydrogen (secondary N) is 1. The van der Waals surface area contributed by atoms with E-state index in [1.54, 1.807) is 11.0 Å². The summed E-state index contributed by atoms with van der Waals surface area (Å²) < 4.78 is 10.1. The molecule has 1 saturated carbocycles. The predicted octanol–water partition coefficient (Wildman–Crippen LogP) is 3.02. The Morgan fingerprint density at radius 1 is 1.33 bits per heavy atom. The average Bonchev–Trinajstić information content (AvgIpc) is 3.06. The molecule has 7 heteroatoms. The van der Waals surface area contributed by atoms with Crippen LogP contribution in [0.1, 0.15) is 18.4 Å². The van der Waals surface area contributed by atoms with Gasteiger partial charge in [0.15, 0.2) is 5.82 Å². The van der Waals surface area contributed by atoms with Gasteiger partial charge in [0, 0.05) is 30.2 Å². The summed E-state index contributed by atoms with van der Waals surface area (Å²) in [6.45, 7) is 8.25. The lowest BCUT2D eigenvalue weighted by atomic mass is 10.1. The standard InChI is InChI=1S/C17H16N4O3/c1-18-17(7-8-17)12-2-4-13(5-3-12)21-11-14(24-16(21)22)10-19-15-6-9-23-20-15/h2-6,9,14H,7-8,10-11H2,(H,19,20). The highest BCUT2D eigenvalue weighted by Crippen LogP contribution is 2.49. The fourth-order valence-corrected chi connectivity index (χ4v) is 2.90. The summed E-state index contributed by atoms with van der Waals surface area (Å²) in [5.74, 6) is 0.614. The lowest BCUT2D eigenvalue weighted by molar-refractivity contribution is 0.147. The minimum atomic E-state index is -0.360. The molecule has 24 heavy (non-hydrogen) atoms. The number of carbonyl (C=O) groups is 1. The summed E-state index contributed by atoms with van der Waals surface area (Å²) in [7, 11) is 0. The Bertz CT molecular complexity index is 775. The fourth-order valence-electron chi connectivity index (χ4n) is 2.90. The first-order chi connectivity index (χ1) is 11.7. The van der Waals surface area contributed by atoms with Gasteiger partial charge in [-0.25, -0.2) is 11.4 Å². The van der Waals surface area contributed by atoms with Gasteiger partial charge in [0.05, 0.1) is 13.1 Å². The topological polar surface area (TPSA) is 72.0 Å². The molecule has 1 N–H and O–H groups in total. The van der Waals surface area contributed by atoms with Crippen molar-refractivity contribution in [2.45, 2.75) is 24.5 Å². The van der Waals surface area contributed by atoms with Crippen molar-refractivity contribution in [3.63, 3.8) is 0 Å². The van der Waals surface area contributed by atoms with Gasteiger partial charge in [0.2, 0.25) is 0 Å². The van der Waals surface area contributed by atoms with Crippen LogP contribution in [0.5, 0.6) is 0 Å². The number of rotatable bonds is 5. The second-order valence-corrected chi connectivity index (χ2v) is 6.07. The van der Waals surface area contributed by atoms with E-state index in [1.807, 2.05) is 24.3 Å². The van der Waals surface area contributed by atoms with E-state index < -0.39 is 0 Å². The summed E-state index contributed by atoms with van der Waals surface area (Å²) in [6, 6.07) is 9.35. The van der Waals surface area contributed by atoms with E-state index in [0.717, 1.165) is 24.1 Å². The Balaban J connectivity index is 1.41. The second kappa shape index (κ2) is 5.57. The van der Waals surface area contributed by atoms with Gasteiger partial charge in [-0.3, -0.25) is 4.90 Å². The molecule has 0 radical (unpaired) electrons. The molecule has 2 aromatic rings. The van der Waals surface area contributed by atoms with E-state index in [0.29, 0.717) is 18.9 Å². The normalized spacial score (nSPS) is 21.2. The number of anilines is 2. The zero-order chi connectivity index (χ0) is 16.6. The monoisotopic (exact) mass is 324 g/mol. The lowest BCUT2D eigenvalue weighted by Gasteiger charge is -2.14. The Morgan fingerprint density at radius 2 is 2.12 bits per heavy atom. The van der Waals surface area contributed by atoms with Gasteiger partial charge in [-0.1, -0.05) is 5.16 Å². The first-order valence-corrected chi connectivity index (χ1v) is 7.82. The van der Waals surface area contributed by atoms with Crippen LogP contribution in [0.15, 0.2) is 41.1 Å². The molecule has 0 bridgehead atoms. The number of benzene rings is 1. The number of aromatic nitrogens is 1. The van der Waals surface area contributed by atoms with Crippen LogP contribution in [0.25, 0.3) is 4.85 Å². The summed E-state index contributed by atoms with van der Waals surface area (Å²) in [5, 5.41) is 6.82. The van der Waals surface area contributed by atoms with Gasteiger partial charge < -0.3 is 19.4 Å². The van der Waals surface area contributed by atoms with Gasteiger partial charge in [-0.2, -0.15) is 0 Å². The van der Waals surface area contributed by atoms with Crippen LogP contribution < -0.4 is 10.2 Å². The summed E-state index contributed by atoms with van der Waals surface area (Å²) >= 11 is 0. The molecule has 122 valence electrons. The number of carbonyl (C=O) groups excluding carboxylic acids is 1. The summed E-state index contributed by atoms with van der Waals surface area (Å²) in [5.41, 5.74) is 1.49. The first kappa shape index (κ1) is 14.6. The first-order valence-electron chi connectivity index (χ1n) is 7.82.